The summed E-state index contributed by atoms with van der Waals surface area (Å²) in [5.74, 6) is 0. The largest absolute Gasteiger partial charge is 0.0923 e. The van der Waals surface area contributed by atoms with Crippen LogP contribution in [0.5, 0.6) is 0 Å². The number of hydrogen-bond acceptors (Lipinski definition) is 0. The number of allylic oxidation sites excluding steroid dienone is 8. The molecule has 226 valence electrons. The minimum absolute atomic E-state index is 0.00641. The molecule has 0 saturated carbocycles. The predicted octanol–water partition coefficient (Wildman–Crippen LogP) is 12.0. The van der Waals surface area contributed by atoms with Crippen LogP contribution in [0.3, 0.4) is 0 Å². The van der Waals surface area contributed by atoms with E-state index in [1.54, 1.807) is 12.3 Å². The van der Waals surface area contributed by atoms with Gasteiger partial charge >= 0.3 is 0 Å². The Morgan fingerprint density at radius 3 is 1.23 bits per heavy atom. The molecule has 4 unspecified atom stereocenters. The van der Waals surface area contributed by atoms with Crippen molar-refractivity contribution in [3.8, 4) is 0 Å². The molecule has 0 radical (unpaired) electrons. The quantitative estimate of drug-likeness (QED) is 0.119. The fourth-order valence-corrected chi connectivity index (χ4v) is 31.2. The molecule has 0 aliphatic heterocycles. The van der Waals surface area contributed by atoms with E-state index < -0.39 is 32.3 Å². The van der Waals surface area contributed by atoms with Gasteiger partial charge in [0, 0.05) is 16.1 Å². The molecule has 0 nitrogen and oxygen atoms in total. The summed E-state index contributed by atoms with van der Waals surface area (Å²) in [6, 6.07) is 0. The van der Waals surface area contributed by atoms with Crippen molar-refractivity contribution in [2.45, 2.75) is 151 Å². The second-order valence-electron chi connectivity index (χ2n) is 17.7. The highest BCUT2D eigenvalue weighted by Gasteiger charge is 2.47. The van der Waals surface area contributed by atoms with E-state index in [1.165, 1.54) is 38.5 Å². The van der Waals surface area contributed by atoms with Crippen LogP contribution in [0, 0.1) is 0 Å². The van der Waals surface area contributed by atoms with Crippen molar-refractivity contribution in [3.63, 3.8) is 0 Å². The molecule has 0 aromatic heterocycles. The minimum Gasteiger partial charge on any atom is -0.0923 e. The van der Waals surface area contributed by atoms with Crippen molar-refractivity contribution in [3.05, 3.63) is 46.8 Å². The van der Waals surface area contributed by atoms with Gasteiger partial charge in [-0.3, -0.25) is 0 Å². The Kier molecular flexibility index (Phi) is 10.6. The molecule has 0 aromatic carbocycles. The molecule has 40 heavy (non-hydrogen) atoms. The highest BCUT2D eigenvalue weighted by Crippen LogP contribution is 2.66. The molecule has 8 atom stereocenters. The Morgan fingerprint density at radius 2 is 0.925 bits per heavy atom. The fourth-order valence-electron chi connectivity index (χ4n) is 8.63. The molecule has 0 spiro atoms. The summed E-state index contributed by atoms with van der Waals surface area (Å²) >= 11 is 0. The molecule has 0 heterocycles. The highest BCUT2D eigenvalue weighted by molar-refractivity contribution is 7.64. The third-order valence-corrected chi connectivity index (χ3v) is 29.1. The van der Waals surface area contributed by atoms with Gasteiger partial charge in [-0.15, -0.1) is 0 Å². The van der Waals surface area contributed by atoms with Crippen molar-refractivity contribution in [1.29, 1.82) is 0 Å². The molecule has 0 aromatic rings. The Balaban J connectivity index is 1.70. The van der Waals surface area contributed by atoms with Crippen LogP contribution in [0.4, 0.5) is 0 Å². The fraction of sp³-hybridized carbons (Fsp3) is 0.765. The van der Waals surface area contributed by atoms with Gasteiger partial charge in [0.05, 0.1) is 16.1 Å². The predicted molar refractivity (Wildman–Crippen MR) is 202 cm³/mol. The standard InChI is InChI=1S/C34H64P2Si4/c1-37(2,3)31-21-13-17-27(31)35(28-18-14-22-32(28)38(4,5)6)25-26-36(29-19-15-23-33(29)39(7,8)9)30-20-16-24-34(30)40(10,11)12/h13,15,17,19,22,24,27-31,33H,14,16,18,20-21,23,25-26H2,1-12H3/t27-,28+,29+,30-,31?,33?,35?,36?. The second-order valence-corrected chi connectivity index (χ2v) is 44.2. The maximum Gasteiger partial charge on any atom is 0.0728 e. The smallest absolute Gasteiger partial charge is 0.0728 e. The number of hydrogen-bond donors (Lipinski definition) is 0. The first-order valence-corrected chi connectivity index (χ1v) is 34.1. The van der Waals surface area contributed by atoms with Gasteiger partial charge < -0.3 is 0 Å². The zero-order valence-corrected chi connectivity index (χ0v) is 34.3. The third kappa shape index (κ3) is 7.48. The molecular weight excluding hydrogens is 583 g/mol. The summed E-state index contributed by atoms with van der Waals surface area (Å²) in [5, 5.41) is 3.95. The molecule has 4 aliphatic rings. The van der Waals surface area contributed by atoms with E-state index >= 15 is 0 Å². The van der Waals surface area contributed by atoms with Gasteiger partial charge in [0.2, 0.25) is 0 Å². The Hall–Kier alpha value is 0.688. The van der Waals surface area contributed by atoms with Crippen LogP contribution in [0.25, 0.3) is 0 Å². The monoisotopic (exact) mass is 646 g/mol. The van der Waals surface area contributed by atoms with Gasteiger partial charge in [0.1, 0.15) is 0 Å². The minimum atomic E-state index is -1.29. The first-order valence-electron chi connectivity index (χ1n) is 16.7. The normalized spacial score (nSPS) is 33.0. The summed E-state index contributed by atoms with van der Waals surface area (Å²) in [7, 11) is -5.00. The summed E-state index contributed by atoms with van der Waals surface area (Å²) in [6.07, 6.45) is 27.8. The molecular formula is C34H64P2Si4. The van der Waals surface area contributed by atoms with Gasteiger partial charge in [-0.25, -0.2) is 0 Å². The van der Waals surface area contributed by atoms with Crippen molar-refractivity contribution in [2.24, 2.45) is 0 Å². The van der Waals surface area contributed by atoms with Gasteiger partial charge in [-0.2, -0.15) is 0 Å². The average Bonchev–Trinajstić information content (AvgIpc) is 3.60. The van der Waals surface area contributed by atoms with Gasteiger partial charge in [0.15, 0.2) is 0 Å². The average molecular weight is 647 g/mol. The lowest BCUT2D eigenvalue weighted by atomic mass is 10.3. The van der Waals surface area contributed by atoms with Crippen molar-refractivity contribution in [2.75, 3.05) is 12.3 Å². The highest BCUT2D eigenvalue weighted by atomic mass is 31.1. The lowest BCUT2D eigenvalue weighted by Gasteiger charge is -2.44. The van der Waals surface area contributed by atoms with E-state index in [0.29, 0.717) is 0 Å². The topological polar surface area (TPSA) is 0 Å². The molecule has 0 amide bonds. The summed E-state index contributed by atoms with van der Waals surface area (Å²) in [5.41, 5.74) is 5.57. The maximum absolute atomic E-state index is 2.78. The lowest BCUT2D eigenvalue weighted by molar-refractivity contribution is 0.846. The zero-order valence-electron chi connectivity index (χ0n) is 28.5. The number of rotatable bonds is 11. The summed E-state index contributed by atoms with van der Waals surface area (Å²) in [4.78, 5) is 0. The van der Waals surface area contributed by atoms with Gasteiger partial charge in [-0.05, 0) is 84.6 Å². The van der Waals surface area contributed by atoms with Crippen LogP contribution in [-0.4, -0.2) is 67.3 Å². The first-order chi connectivity index (χ1) is 18.4. The maximum atomic E-state index is 2.78. The molecule has 4 aliphatic carbocycles. The van der Waals surface area contributed by atoms with E-state index in [-0.39, 0.29) is 15.8 Å². The lowest BCUT2D eigenvalue weighted by Crippen LogP contribution is -2.38. The molecule has 0 N–H and O–H groups in total. The van der Waals surface area contributed by atoms with Crippen molar-refractivity contribution >= 4 is 48.1 Å². The van der Waals surface area contributed by atoms with Crippen LogP contribution < -0.4 is 0 Å². The SMILES string of the molecule is C[Si](C)(C)C1=CCC[C@H]1P(CCP([C@@H]1C=CCC1[Si](C)(C)C)[C@H]1CCC=C1[Si](C)(C)C)[C@H]1C=CCC1[Si](C)(C)C. The van der Waals surface area contributed by atoms with Gasteiger partial charge in [-0.1, -0.05) is 141 Å². The Morgan fingerprint density at radius 1 is 0.575 bits per heavy atom. The van der Waals surface area contributed by atoms with Crippen LogP contribution >= 0.6 is 15.8 Å². The summed E-state index contributed by atoms with van der Waals surface area (Å²) in [6.45, 7) is 31.9. The van der Waals surface area contributed by atoms with Crippen LogP contribution in [-0.2, 0) is 0 Å². The van der Waals surface area contributed by atoms with E-state index in [9.17, 15) is 0 Å². The summed E-state index contributed by atoms with van der Waals surface area (Å²) < 4.78 is 0. The Bertz CT molecular complexity index is 929. The second kappa shape index (κ2) is 12.6. The molecule has 0 saturated heterocycles. The van der Waals surface area contributed by atoms with Crippen LogP contribution in [0.15, 0.2) is 46.8 Å². The Labute approximate surface area is 257 Å². The third-order valence-electron chi connectivity index (χ3n) is 10.7. The zero-order chi connectivity index (χ0) is 29.7. The molecule has 6 heteroatoms. The van der Waals surface area contributed by atoms with E-state index in [4.69, 9.17) is 0 Å². The molecule has 0 bridgehead atoms. The van der Waals surface area contributed by atoms with Crippen LogP contribution in [0.2, 0.25) is 89.6 Å². The van der Waals surface area contributed by atoms with Crippen molar-refractivity contribution in [1.82, 2.24) is 0 Å². The first kappa shape index (κ1) is 33.6. The van der Waals surface area contributed by atoms with Crippen molar-refractivity contribution < 1.29 is 0 Å². The molecule has 4 rings (SSSR count). The molecule has 0 fully saturated rings. The van der Waals surface area contributed by atoms with E-state index in [0.717, 1.165) is 33.7 Å². The van der Waals surface area contributed by atoms with Crippen LogP contribution in [0.1, 0.15) is 38.5 Å². The van der Waals surface area contributed by atoms with E-state index in [2.05, 4.69) is 115 Å². The van der Waals surface area contributed by atoms with Gasteiger partial charge in [0.25, 0.3) is 0 Å². The van der Waals surface area contributed by atoms with E-state index in [1.807, 2.05) is 10.4 Å².